The van der Waals surface area contributed by atoms with E-state index in [0.717, 1.165) is 16.1 Å². The smallest absolute Gasteiger partial charge is 0.131 e. The molecule has 1 saturated carbocycles. The van der Waals surface area contributed by atoms with Gasteiger partial charge in [-0.05, 0) is 52.4 Å². The Morgan fingerprint density at radius 1 is 1.05 bits per heavy atom. The molecule has 2 aromatic rings. The number of benzene rings is 1. The van der Waals surface area contributed by atoms with Crippen molar-refractivity contribution in [2.24, 2.45) is 16.8 Å². The minimum Gasteiger partial charge on any atom is -0.329 e. The van der Waals surface area contributed by atoms with Crippen LogP contribution in [0.5, 0.6) is 0 Å². The quantitative estimate of drug-likeness (QED) is 0.876. The molecule has 4 heteroatoms. The minimum atomic E-state index is 0.300. The molecule has 21 heavy (non-hydrogen) atoms. The summed E-state index contributed by atoms with van der Waals surface area (Å²) in [4.78, 5) is 9.34. The molecule has 1 N–H and O–H groups in total. The van der Waals surface area contributed by atoms with Gasteiger partial charge < -0.3 is 5.32 Å². The monoisotopic (exact) mass is 341 g/mol. The first-order valence-corrected chi connectivity index (χ1v) is 8.10. The van der Waals surface area contributed by atoms with Crippen molar-refractivity contribution >= 4 is 27.6 Å². The van der Waals surface area contributed by atoms with Crippen LogP contribution in [-0.2, 0) is 0 Å². The first-order chi connectivity index (χ1) is 10.3. The Morgan fingerprint density at radius 3 is 2.57 bits per heavy atom. The molecule has 0 amide bonds. The maximum absolute atomic E-state index is 4.95. The van der Waals surface area contributed by atoms with E-state index in [4.69, 9.17) is 4.99 Å². The van der Waals surface area contributed by atoms with Gasteiger partial charge in [0.2, 0.25) is 0 Å². The van der Waals surface area contributed by atoms with E-state index in [1.807, 2.05) is 18.3 Å². The number of pyridine rings is 1. The van der Waals surface area contributed by atoms with Crippen LogP contribution in [0.25, 0.3) is 0 Å². The van der Waals surface area contributed by atoms with Crippen LogP contribution in [0.3, 0.4) is 0 Å². The van der Waals surface area contributed by atoms with E-state index in [0.29, 0.717) is 17.9 Å². The normalized spacial score (nSPS) is 26.7. The van der Waals surface area contributed by atoms with Crippen LogP contribution in [0.4, 0.5) is 5.82 Å². The van der Waals surface area contributed by atoms with Crippen LogP contribution in [0.2, 0.25) is 0 Å². The van der Waals surface area contributed by atoms with Gasteiger partial charge in [0.15, 0.2) is 0 Å². The number of anilines is 1. The zero-order chi connectivity index (χ0) is 14.2. The highest BCUT2D eigenvalue weighted by Crippen LogP contribution is 2.49. The van der Waals surface area contributed by atoms with Crippen molar-refractivity contribution in [1.29, 1.82) is 0 Å². The number of amidine groups is 1. The Balaban J connectivity index is 1.60. The summed E-state index contributed by atoms with van der Waals surface area (Å²) in [5.41, 5.74) is 1.32. The van der Waals surface area contributed by atoms with E-state index in [2.05, 4.69) is 56.6 Å². The molecule has 1 aromatic carbocycles. The predicted octanol–water partition coefficient (Wildman–Crippen LogP) is 4.44. The molecule has 2 aliphatic heterocycles. The first-order valence-electron chi connectivity index (χ1n) is 7.31. The summed E-state index contributed by atoms with van der Waals surface area (Å²) >= 11 is 3.41. The van der Waals surface area contributed by atoms with E-state index in [1.165, 1.54) is 18.4 Å². The van der Waals surface area contributed by atoms with Crippen molar-refractivity contribution < 1.29 is 0 Å². The average molecular weight is 342 g/mol. The molecule has 0 saturated heterocycles. The highest BCUT2D eigenvalue weighted by atomic mass is 79.9. The summed E-state index contributed by atoms with van der Waals surface area (Å²) in [6.07, 6.45) is 4.29. The molecule has 106 valence electrons. The number of hydrogen-bond acceptors (Lipinski definition) is 3. The number of aromatic nitrogens is 1. The van der Waals surface area contributed by atoms with Crippen LogP contribution < -0.4 is 5.32 Å². The lowest BCUT2D eigenvalue weighted by Gasteiger charge is -2.45. The Labute approximate surface area is 132 Å². The molecule has 0 spiro atoms. The van der Waals surface area contributed by atoms with Crippen molar-refractivity contribution in [3.63, 3.8) is 0 Å². The van der Waals surface area contributed by atoms with E-state index >= 15 is 0 Å². The fraction of sp³-hybridized carbons (Fsp3) is 0.294. The third kappa shape index (κ3) is 2.48. The zero-order valence-electron chi connectivity index (χ0n) is 11.5. The third-order valence-electron chi connectivity index (χ3n) is 4.41. The summed E-state index contributed by atoms with van der Waals surface area (Å²) in [6, 6.07) is 14.9. The second-order valence-electron chi connectivity index (χ2n) is 5.78. The van der Waals surface area contributed by atoms with Gasteiger partial charge in [-0.2, -0.15) is 0 Å². The SMILES string of the molecule is Brc1ccc(NC2=NC(c3ccccc3)C3CC2C3)nc1. The number of nitrogens with zero attached hydrogens (tertiary/aromatic N) is 2. The molecule has 1 unspecified atom stereocenters. The highest BCUT2D eigenvalue weighted by molar-refractivity contribution is 9.10. The van der Waals surface area contributed by atoms with Crippen LogP contribution in [0.1, 0.15) is 24.4 Å². The van der Waals surface area contributed by atoms with Gasteiger partial charge in [0.1, 0.15) is 11.7 Å². The van der Waals surface area contributed by atoms with Crippen molar-refractivity contribution in [3.8, 4) is 0 Å². The van der Waals surface area contributed by atoms with Gasteiger partial charge >= 0.3 is 0 Å². The van der Waals surface area contributed by atoms with Crippen molar-refractivity contribution in [2.75, 3.05) is 5.32 Å². The number of fused-ring (bicyclic) bond motifs is 1. The largest absolute Gasteiger partial charge is 0.329 e. The van der Waals surface area contributed by atoms with E-state index in [-0.39, 0.29) is 0 Å². The Hall–Kier alpha value is -1.68. The molecule has 5 rings (SSSR count). The van der Waals surface area contributed by atoms with E-state index in [1.54, 1.807) is 0 Å². The van der Waals surface area contributed by atoms with Crippen molar-refractivity contribution in [3.05, 3.63) is 58.7 Å². The molecule has 1 atom stereocenters. The molecular formula is C17H16BrN3. The summed E-state index contributed by atoms with van der Waals surface area (Å²) in [5.74, 6) is 3.26. The number of halogens is 1. The maximum Gasteiger partial charge on any atom is 0.131 e. The molecule has 3 nitrogen and oxygen atoms in total. The van der Waals surface area contributed by atoms with Crippen LogP contribution in [0.15, 0.2) is 58.1 Å². The number of hydrogen-bond donors (Lipinski definition) is 1. The summed E-state index contributed by atoms with van der Waals surface area (Å²) in [6.45, 7) is 0. The van der Waals surface area contributed by atoms with Gasteiger partial charge in [0, 0.05) is 16.6 Å². The minimum absolute atomic E-state index is 0.300. The first kappa shape index (κ1) is 13.0. The van der Waals surface area contributed by atoms with Gasteiger partial charge in [-0.1, -0.05) is 30.3 Å². The second-order valence-corrected chi connectivity index (χ2v) is 6.70. The van der Waals surface area contributed by atoms with Crippen LogP contribution >= 0.6 is 15.9 Å². The molecule has 3 aliphatic rings. The molecular weight excluding hydrogens is 326 g/mol. The molecule has 2 bridgehead atoms. The summed E-state index contributed by atoms with van der Waals surface area (Å²) < 4.78 is 0.990. The molecule has 1 fully saturated rings. The fourth-order valence-corrected chi connectivity index (χ4v) is 3.45. The van der Waals surface area contributed by atoms with Gasteiger partial charge in [0.25, 0.3) is 0 Å². The predicted molar refractivity (Wildman–Crippen MR) is 88.4 cm³/mol. The van der Waals surface area contributed by atoms with E-state index in [9.17, 15) is 0 Å². The van der Waals surface area contributed by atoms with Gasteiger partial charge in [-0.3, -0.25) is 4.99 Å². The zero-order valence-corrected chi connectivity index (χ0v) is 13.1. The Bertz CT molecular complexity index is 660. The molecule has 3 heterocycles. The fourth-order valence-electron chi connectivity index (χ4n) is 3.22. The summed E-state index contributed by atoms with van der Waals surface area (Å²) in [5, 5.41) is 3.41. The standard InChI is InChI=1S/C17H16BrN3/c18-14-6-7-15(19-10-14)20-17-13-8-12(9-13)16(21-17)11-4-2-1-3-5-11/h1-7,10,12-13,16H,8-9H2,(H,19,20,21). The lowest BCUT2D eigenvalue weighted by molar-refractivity contribution is 0.194. The Morgan fingerprint density at radius 2 is 1.86 bits per heavy atom. The number of rotatable bonds is 2. The lowest BCUT2D eigenvalue weighted by Crippen LogP contribution is -2.42. The topological polar surface area (TPSA) is 37.3 Å². The van der Waals surface area contributed by atoms with Gasteiger partial charge in [-0.25, -0.2) is 4.98 Å². The highest BCUT2D eigenvalue weighted by Gasteiger charge is 2.43. The Kier molecular flexibility index (Phi) is 3.26. The molecule has 1 aromatic heterocycles. The third-order valence-corrected chi connectivity index (χ3v) is 4.88. The van der Waals surface area contributed by atoms with Gasteiger partial charge in [-0.15, -0.1) is 0 Å². The van der Waals surface area contributed by atoms with Crippen LogP contribution in [-0.4, -0.2) is 10.8 Å². The number of aliphatic imine (C=N–C) groups is 1. The van der Waals surface area contributed by atoms with Crippen LogP contribution in [0, 0.1) is 11.8 Å². The second kappa shape index (κ2) is 5.26. The molecule has 1 aliphatic carbocycles. The maximum atomic E-state index is 4.95. The number of nitrogens with one attached hydrogen (secondary N) is 1. The van der Waals surface area contributed by atoms with Crippen molar-refractivity contribution in [1.82, 2.24) is 4.98 Å². The van der Waals surface area contributed by atoms with Gasteiger partial charge in [0.05, 0.1) is 6.04 Å². The van der Waals surface area contributed by atoms with Crippen molar-refractivity contribution in [2.45, 2.75) is 18.9 Å². The van der Waals surface area contributed by atoms with E-state index < -0.39 is 0 Å². The average Bonchev–Trinajstić information content (AvgIpc) is 2.49. The molecule has 0 radical (unpaired) electrons. The lowest BCUT2D eigenvalue weighted by atomic mass is 9.66. The summed E-state index contributed by atoms with van der Waals surface area (Å²) in [7, 11) is 0.